The van der Waals surface area contributed by atoms with Crippen LogP contribution in [0.1, 0.15) is 31.7 Å². The summed E-state index contributed by atoms with van der Waals surface area (Å²) in [6, 6.07) is 3.55. The number of halogens is 1. The fourth-order valence-electron chi connectivity index (χ4n) is 1.60. The van der Waals surface area contributed by atoms with Gasteiger partial charge < -0.3 is 10.4 Å². The SMILES string of the molecule is CC(CCNc1nccc(C#N)c1Cl)CCC(=O)O. The number of carboxylic acid groups (broad SMARTS) is 1. The van der Waals surface area contributed by atoms with Crippen LogP contribution in [0.25, 0.3) is 0 Å². The summed E-state index contributed by atoms with van der Waals surface area (Å²) >= 11 is 6.00. The normalized spacial score (nSPS) is 11.6. The Kier molecular flexibility index (Phi) is 6.10. The molecular formula is C13H16ClN3O2. The highest BCUT2D eigenvalue weighted by Gasteiger charge is 2.08. The summed E-state index contributed by atoms with van der Waals surface area (Å²) in [4.78, 5) is 14.5. The Balaban J connectivity index is 2.41. The smallest absolute Gasteiger partial charge is 0.303 e. The van der Waals surface area contributed by atoms with Gasteiger partial charge in [-0.05, 0) is 24.8 Å². The van der Waals surface area contributed by atoms with E-state index in [9.17, 15) is 4.79 Å². The van der Waals surface area contributed by atoms with Crippen molar-refractivity contribution >= 4 is 23.4 Å². The summed E-state index contributed by atoms with van der Waals surface area (Å²) in [6.45, 7) is 2.65. The van der Waals surface area contributed by atoms with E-state index in [0.717, 1.165) is 6.42 Å². The van der Waals surface area contributed by atoms with Crippen molar-refractivity contribution in [3.05, 3.63) is 22.8 Å². The number of carboxylic acids is 1. The van der Waals surface area contributed by atoms with Crippen molar-refractivity contribution in [2.45, 2.75) is 26.2 Å². The topological polar surface area (TPSA) is 86.0 Å². The maximum absolute atomic E-state index is 10.4. The highest BCUT2D eigenvalue weighted by molar-refractivity contribution is 6.34. The van der Waals surface area contributed by atoms with Gasteiger partial charge in [0.1, 0.15) is 16.9 Å². The Morgan fingerprint density at radius 2 is 2.37 bits per heavy atom. The van der Waals surface area contributed by atoms with E-state index >= 15 is 0 Å². The van der Waals surface area contributed by atoms with E-state index in [2.05, 4.69) is 10.3 Å². The Morgan fingerprint density at radius 1 is 1.63 bits per heavy atom. The summed E-state index contributed by atoms with van der Waals surface area (Å²) in [5, 5.41) is 20.8. The average Bonchev–Trinajstić information content (AvgIpc) is 2.38. The second kappa shape index (κ2) is 7.59. The molecule has 1 heterocycles. The van der Waals surface area contributed by atoms with E-state index in [1.807, 2.05) is 13.0 Å². The number of nitrogens with one attached hydrogen (secondary N) is 1. The molecule has 0 aromatic carbocycles. The number of pyridine rings is 1. The van der Waals surface area contributed by atoms with Gasteiger partial charge in [-0.1, -0.05) is 18.5 Å². The first-order valence-electron chi connectivity index (χ1n) is 6.05. The molecule has 6 heteroatoms. The first-order chi connectivity index (χ1) is 9.04. The molecule has 5 nitrogen and oxygen atoms in total. The van der Waals surface area contributed by atoms with Crippen LogP contribution in [0.5, 0.6) is 0 Å². The van der Waals surface area contributed by atoms with Gasteiger partial charge >= 0.3 is 5.97 Å². The minimum Gasteiger partial charge on any atom is -0.481 e. The molecule has 0 amide bonds. The van der Waals surface area contributed by atoms with Crippen molar-refractivity contribution in [1.29, 1.82) is 5.26 Å². The number of rotatable bonds is 7. The zero-order chi connectivity index (χ0) is 14.3. The summed E-state index contributed by atoms with van der Waals surface area (Å²) in [5.74, 6) is 0.0268. The second-order valence-electron chi connectivity index (χ2n) is 4.39. The van der Waals surface area contributed by atoms with Gasteiger partial charge in [0.05, 0.1) is 5.56 Å². The predicted octanol–water partition coefficient (Wildman–Crippen LogP) is 2.91. The van der Waals surface area contributed by atoms with Gasteiger partial charge in [-0.3, -0.25) is 4.79 Å². The lowest BCUT2D eigenvalue weighted by molar-refractivity contribution is -0.137. The van der Waals surface area contributed by atoms with Crippen LogP contribution in [0.2, 0.25) is 5.02 Å². The molecule has 0 aliphatic heterocycles. The quantitative estimate of drug-likeness (QED) is 0.802. The number of aliphatic carboxylic acids is 1. The van der Waals surface area contributed by atoms with E-state index < -0.39 is 5.97 Å². The molecule has 0 saturated heterocycles. The van der Waals surface area contributed by atoms with Crippen LogP contribution < -0.4 is 5.32 Å². The van der Waals surface area contributed by atoms with Crippen molar-refractivity contribution < 1.29 is 9.90 Å². The lowest BCUT2D eigenvalue weighted by Gasteiger charge is -2.12. The lowest BCUT2D eigenvalue weighted by Crippen LogP contribution is -2.09. The van der Waals surface area contributed by atoms with E-state index in [1.54, 1.807) is 6.07 Å². The molecule has 19 heavy (non-hydrogen) atoms. The summed E-state index contributed by atoms with van der Waals surface area (Å²) in [5.41, 5.74) is 0.387. The third-order valence-corrected chi connectivity index (χ3v) is 3.17. The van der Waals surface area contributed by atoms with Crippen molar-refractivity contribution in [3.63, 3.8) is 0 Å². The van der Waals surface area contributed by atoms with Crippen LogP contribution in [-0.2, 0) is 4.79 Å². The monoisotopic (exact) mass is 281 g/mol. The third kappa shape index (κ3) is 5.14. The number of hydrogen-bond donors (Lipinski definition) is 2. The van der Waals surface area contributed by atoms with Crippen molar-refractivity contribution in [1.82, 2.24) is 4.98 Å². The third-order valence-electron chi connectivity index (χ3n) is 2.79. The molecule has 1 rings (SSSR count). The molecule has 0 spiro atoms. The second-order valence-corrected chi connectivity index (χ2v) is 4.76. The minimum absolute atomic E-state index is 0.185. The van der Waals surface area contributed by atoms with Crippen LogP contribution in [-0.4, -0.2) is 22.6 Å². The maximum atomic E-state index is 10.4. The average molecular weight is 282 g/mol. The molecule has 1 atom stereocenters. The first kappa shape index (κ1) is 15.3. The molecule has 1 aromatic rings. The molecule has 0 bridgehead atoms. The van der Waals surface area contributed by atoms with Gasteiger partial charge in [-0.15, -0.1) is 0 Å². The highest BCUT2D eigenvalue weighted by Crippen LogP contribution is 2.23. The zero-order valence-electron chi connectivity index (χ0n) is 10.7. The number of anilines is 1. The molecule has 0 radical (unpaired) electrons. The van der Waals surface area contributed by atoms with Crippen molar-refractivity contribution in [3.8, 4) is 6.07 Å². The van der Waals surface area contributed by atoms with E-state index in [0.29, 0.717) is 35.3 Å². The van der Waals surface area contributed by atoms with Crippen LogP contribution >= 0.6 is 11.6 Å². The van der Waals surface area contributed by atoms with Crippen molar-refractivity contribution in [2.75, 3.05) is 11.9 Å². The van der Waals surface area contributed by atoms with Crippen LogP contribution in [0.4, 0.5) is 5.82 Å². The van der Waals surface area contributed by atoms with Gasteiger partial charge in [0.2, 0.25) is 0 Å². The van der Waals surface area contributed by atoms with Gasteiger partial charge in [-0.2, -0.15) is 5.26 Å². The minimum atomic E-state index is -0.772. The number of hydrogen-bond acceptors (Lipinski definition) is 4. The van der Waals surface area contributed by atoms with Crippen LogP contribution in [0.15, 0.2) is 12.3 Å². The van der Waals surface area contributed by atoms with Gasteiger partial charge in [0.25, 0.3) is 0 Å². The Bertz CT molecular complexity index is 485. The highest BCUT2D eigenvalue weighted by atomic mass is 35.5. The summed E-state index contributed by atoms with van der Waals surface area (Å²) in [6.07, 6.45) is 3.18. The molecule has 2 N–H and O–H groups in total. The van der Waals surface area contributed by atoms with E-state index in [4.69, 9.17) is 22.0 Å². The van der Waals surface area contributed by atoms with E-state index in [1.165, 1.54) is 6.20 Å². The standard InChI is InChI=1S/C13H16ClN3O2/c1-9(2-3-11(18)19)4-6-16-13-12(14)10(8-15)5-7-17-13/h5,7,9H,2-4,6H2,1H3,(H,16,17)(H,18,19). The summed E-state index contributed by atoms with van der Waals surface area (Å²) in [7, 11) is 0. The predicted molar refractivity (Wildman–Crippen MR) is 73.1 cm³/mol. The molecule has 1 unspecified atom stereocenters. The fourth-order valence-corrected chi connectivity index (χ4v) is 1.83. The molecule has 0 saturated carbocycles. The van der Waals surface area contributed by atoms with E-state index in [-0.39, 0.29) is 6.42 Å². The van der Waals surface area contributed by atoms with Gasteiger partial charge in [0.15, 0.2) is 0 Å². The molecule has 1 aromatic heterocycles. The largest absolute Gasteiger partial charge is 0.481 e. The van der Waals surface area contributed by atoms with Crippen LogP contribution in [0, 0.1) is 17.2 Å². The van der Waals surface area contributed by atoms with Crippen molar-refractivity contribution in [2.24, 2.45) is 5.92 Å². The fraction of sp³-hybridized carbons (Fsp3) is 0.462. The summed E-state index contributed by atoms with van der Waals surface area (Å²) < 4.78 is 0. The molecule has 102 valence electrons. The number of nitriles is 1. The lowest BCUT2D eigenvalue weighted by atomic mass is 10.0. The maximum Gasteiger partial charge on any atom is 0.303 e. The zero-order valence-corrected chi connectivity index (χ0v) is 11.4. The first-order valence-corrected chi connectivity index (χ1v) is 6.42. The Labute approximate surface area is 117 Å². The molecular weight excluding hydrogens is 266 g/mol. The van der Waals surface area contributed by atoms with Gasteiger partial charge in [0, 0.05) is 19.2 Å². The van der Waals surface area contributed by atoms with Gasteiger partial charge in [-0.25, -0.2) is 4.98 Å². The van der Waals surface area contributed by atoms with Crippen LogP contribution in [0.3, 0.4) is 0 Å². The molecule has 0 fully saturated rings. The molecule has 0 aliphatic carbocycles. The number of aromatic nitrogens is 1. The molecule has 0 aliphatic rings. The number of carbonyl (C=O) groups is 1. The number of nitrogens with zero attached hydrogens (tertiary/aromatic N) is 2. The Morgan fingerprint density at radius 3 is 3.00 bits per heavy atom. The Hall–Kier alpha value is -1.80.